The molecule has 0 heterocycles. The molecule has 2 saturated carbocycles. The molecule has 1 aromatic rings. The molecule has 0 aliphatic heterocycles. The van der Waals surface area contributed by atoms with Crippen LogP contribution < -0.4 is 4.74 Å². The van der Waals surface area contributed by atoms with E-state index in [1.807, 2.05) is 6.08 Å². The normalized spacial score (nSPS) is 28.5. The van der Waals surface area contributed by atoms with E-state index >= 15 is 0 Å². The van der Waals surface area contributed by atoms with E-state index < -0.39 is 6.36 Å². The Bertz CT molecular complexity index is 729. The second-order valence-electron chi connectivity index (χ2n) is 8.28. The molecule has 29 heavy (non-hydrogen) atoms. The highest BCUT2D eigenvalue weighted by Crippen LogP contribution is 2.38. The molecule has 2 nitrogen and oxygen atoms in total. The van der Waals surface area contributed by atoms with Gasteiger partial charge < -0.3 is 4.74 Å². The minimum atomic E-state index is -4.64. The number of allylic oxidation sites excluding steroid dienone is 4. The number of benzene rings is 1. The van der Waals surface area contributed by atoms with Gasteiger partial charge in [0.1, 0.15) is 5.75 Å². The highest BCUT2D eigenvalue weighted by atomic mass is 19.4. The van der Waals surface area contributed by atoms with Crippen LogP contribution in [0.2, 0.25) is 0 Å². The molecule has 2 aliphatic carbocycles. The second kappa shape index (κ2) is 10.0. The van der Waals surface area contributed by atoms with E-state index in [1.165, 1.54) is 25.0 Å². The van der Waals surface area contributed by atoms with Crippen LogP contribution in [0.4, 0.5) is 13.2 Å². The lowest BCUT2D eigenvalue weighted by Crippen LogP contribution is -2.17. The number of nitrogens with zero attached hydrogens (tertiary/aromatic N) is 1. The lowest BCUT2D eigenvalue weighted by molar-refractivity contribution is -0.274. The number of nitriles is 1. The lowest BCUT2D eigenvalue weighted by Gasteiger charge is -2.28. The van der Waals surface area contributed by atoms with Crippen molar-refractivity contribution in [2.45, 2.75) is 63.6 Å². The molecule has 0 N–H and O–H groups in total. The average Bonchev–Trinajstić information content (AvgIpc) is 2.71. The summed E-state index contributed by atoms with van der Waals surface area (Å²) in [5, 5.41) is 8.63. The molecule has 0 spiro atoms. The number of halogens is 3. The molecule has 3 rings (SSSR count). The van der Waals surface area contributed by atoms with E-state index in [0.29, 0.717) is 23.7 Å². The van der Waals surface area contributed by atoms with Gasteiger partial charge in [0.15, 0.2) is 0 Å². The van der Waals surface area contributed by atoms with Gasteiger partial charge in [-0.1, -0.05) is 30.4 Å². The number of rotatable bonds is 5. The smallest absolute Gasteiger partial charge is 0.406 e. The third-order valence-corrected chi connectivity index (χ3v) is 6.27. The molecule has 0 bridgehead atoms. The van der Waals surface area contributed by atoms with Crippen molar-refractivity contribution in [3.05, 3.63) is 54.1 Å². The maximum Gasteiger partial charge on any atom is 0.573 e. The number of ether oxygens (including phenoxy) is 1. The van der Waals surface area contributed by atoms with Crippen molar-refractivity contribution in [3.8, 4) is 11.8 Å². The van der Waals surface area contributed by atoms with Crippen LogP contribution in [-0.2, 0) is 0 Å². The molecule has 0 unspecified atom stereocenters. The molecule has 2 aliphatic rings. The first kappa shape index (κ1) is 21.5. The first-order valence-electron chi connectivity index (χ1n) is 10.5. The Morgan fingerprint density at radius 2 is 1.28 bits per heavy atom. The van der Waals surface area contributed by atoms with Gasteiger partial charge in [-0.25, -0.2) is 0 Å². The van der Waals surface area contributed by atoms with E-state index in [2.05, 4.69) is 23.0 Å². The Morgan fingerprint density at radius 1 is 0.793 bits per heavy atom. The Labute approximate surface area is 171 Å². The van der Waals surface area contributed by atoms with E-state index in [9.17, 15) is 13.2 Å². The fourth-order valence-corrected chi connectivity index (χ4v) is 4.61. The van der Waals surface area contributed by atoms with E-state index in [0.717, 1.165) is 44.1 Å². The maximum atomic E-state index is 12.3. The minimum Gasteiger partial charge on any atom is -0.406 e. The molecular formula is C24H28F3NO. The SMILES string of the molecule is N#CC=CC1CCC(C=CC2CCC(c3ccc(OC(F)(F)F)cc3)CC2)CC1. The number of hydrogen-bond donors (Lipinski definition) is 0. The van der Waals surface area contributed by atoms with E-state index in [-0.39, 0.29) is 5.75 Å². The summed E-state index contributed by atoms with van der Waals surface area (Å²) in [5.74, 6) is 2.08. The Balaban J connectivity index is 1.42. The Hall–Kier alpha value is -2.22. The van der Waals surface area contributed by atoms with Crippen LogP contribution in [0.25, 0.3) is 0 Å². The van der Waals surface area contributed by atoms with Gasteiger partial charge in [0.2, 0.25) is 0 Å². The molecule has 2 fully saturated rings. The van der Waals surface area contributed by atoms with Gasteiger partial charge in [0, 0.05) is 6.08 Å². The monoisotopic (exact) mass is 403 g/mol. The van der Waals surface area contributed by atoms with Crippen molar-refractivity contribution in [2.24, 2.45) is 17.8 Å². The van der Waals surface area contributed by atoms with Crippen LogP contribution in [0.3, 0.4) is 0 Å². The van der Waals surface area contributed by atoms with Crippen LogP contribution in [0.1, 0.15) is 62.8 Å². The molecular weight excluding hydrogens is 375 g/mol. The van der Waals surface area contributed by atoms with Crippen LogP contribution in [0.5, 0.6) is 5.75 Å². The highest BCUT2D eigenvalue weighted by molar-refractivity contribution is 5.30. The summed E-state index contributed by atoms with van der Waals surface area (Å²) in [5.41, 5.74) is 1.10. The summed E-state index contributed by atoms with van der Waals surface area (Å²) in [6.45, 7) is 0. The van der Waals surface area contributed by atoms with Crippen LogP contribution >= 0.6 is 0 Å². The van der Waals surface area contributed by atoms with Crippen LogP contribution in [-0.4, -0.2) is 6.36 Å². The fourth-order valence-electron chi connectivity index (χ4n) is 4.61. The standard InChI is InChI=1S/C24H28F3NO/c25-24(26,27)29-23-15-13-22(14-16-23)21-11-9-20(10-12-21)8-7-19-5-3-18(4-6-19)2-1-17-28/h1-2,7-8,13-16,18-21H,3-6,9-12H2. The van der Waals surface area contributed by atoms with Gasteiger partial charge >= 0.3 is 6.36 Å². The number of hydrogen-bond acceptors (Lipinski definition) is 2. The van der Waals surface area contributed by atoms with Crippen molar-refractivity contribution in [2.75, 3.05) is 0 Å². The van der Waals surface area contributed by atoms with Crippen LogP contribution in [0.15, 0.2) is 48.6 Å². The molecule has 1 aromatic carbocycles. The third-order valence-electron chi connectivity index (χ3n) is 6.27. The van der Waals surface area contributed by atoms with Gasteiger partial charge in [0.05, 0.1) is 6.07 Å². The zero-order chi connectivity index (χ0) is 20.7. The molecule has 0 amide bonds. The fraction of sp³-hybridized carbons (Fsp3) is 0.542. The Morgan fingerprint density at radius 3 is 1.76 bits per heavy atom. The predicted octanol–water partition coefficient (Wildman–Crippen LogP) is 7.30. The number of alkyl halides is 3. The average molecular weight is 403 g/mol. The van der Waals surface area contributed by atoms with Crippen molar-refractivity contribution < 1.29 is 17.9 Å². The second-order valence-corrected chi connectivity index (χ2v) is 8.28. The zero-order valence-electron chi connectivity index (χ0n) is 16.6. The van der Waals surface area contributed by atoms with Gasteiger partial charge in [-0.2, -0.15) is 5.26 Å². The molecule has 156 valence electrons. The molecule has 0 radical (unpaired) electrons. The summed E-state index contributed by atoms with van der Waals surface area (Å²) in [6.07, 6.45) is 12.9. The minimum absolute atomic E-state index is 0.157. The van der Waals surface area contributed by atoms with Crippen molar-refractivity contribution in [3.63, 3.8) is 0 Å². The molecule has 0 saturated heterocycles. The van der Waals surface area contributed by atoms with E-state index in [1.54, 1.807) is 18.2 Å². The quantitative estimate of drug-likeness (QED) is 0.382. The first-order valence-corrected chi connectivity index (χ1v) is 10.5. The van der Waals surface area contributed by atoms with Crippen molar-refractivity contribution in [1.82, 2.24) is 0 Å². The topological polar surface area (TPSA) is 33.0 Å². The van der Waals surface area contributed by atoms with Gasteiger partial charge in [-0.05, 0) is 92.7 Å². The van der Waals surface area contributed by atoms with Crippen molar-refractivity contribution >= 4 is 0 Å². The summed E-state index contributed by atoms with van der Waals surface area (Å²) < 4.78 is 40.8. The molecule has 5 heteroatoms. The van der Waals surface area contributed by atoms with E-state index in [4.69, 9.17) is 5.26 Å². The largest absolute Gasteiger partial charge is 0.573 e. The summed E-state index contributed by atoms with van der Waals surface area (Å²) >= 11 is 0. The van der Waals surface area contributed by atoms with Gasteiger partial charge in [0.25, 0.3) is 0 Å². The highest BCUT2D eigenvalue weighted by Gasteiger charge is 2.31. The van der Waals surface area contributed by atoms with Crippen molar-refractivity contribution in [1.29, 1.82) is 5.26 Å². The van der Waals surface area contributed by atoms with Crippen LogP contribution in [0, 0.1) is 29.1 Å². The molecule has 0 aromatic heterocycles. The first-order chi connectivity index (χ1) is 13.9. The molecule has 0 atom stereocenters. The Kier molecular flexibility index (Phi) is 7.41. The predicted molar refractivity (Wildman–Crippen MR) is 107 cm³/mol. The van der Waals surface area contributed by atoms with Gasteiger partial charge in [-0.15, -0.1) is 13.2 Å². The third kappa shape index (κ3) is 6.96. The van der Waals surface area contributed by atoms with Gasteiger partial charge in [-0.3, -0.25) is 0 Å². The lowest BCUT2D eigenvalue weighted by atomic mass is 9.77. The summed E-state index contributed by atoms with van der Waals surface area (Å²) in [7, 11) is 0. The summed E-state index contributed by atoms with van der Waals surface area (Å²) in [4.78, 5) is 0. The zero-order valence-corrected chi connectivity index (χ0v) is 16.6. The maximum absolute atomic E-state index is 12.3. The summed E-state index contributed by atoms with van der Waals surface area (Å²) in [6, 6.07) is 8.43.